The minimum Gasteiger partial charge on any atom is -0.445 e. The first kappa shape index (κ1) is 104. The number of likely N-dealkylation sites (N-methyl/N-ethyl adjacent to an activating group) is 2. The second kappa shape index (κ2) is 54.6. The minimum atomic E-state index is -4.74. The van der Waals surface area contributed by atoms with E-state index in [0.29, 0.717) is 69.8 Å². The number of aliphatic hydroxyl groups excluding tert-OH is 1. The van der Waals surface area contributed by atoms with E-state index in [2.05, 4.69) is 42.5 Å². The number of amides is 12. The molecule has 668 valence electrons. The van der Waals surface area contributed by atoms with Gasteiger partial charge in [0, 0.05) is 78.8 Å². The highest BCUT2D eigenvalue weighted by molar-refractivity contribution is 7.85. The van der Waals surface area contributed by atoms with Crippen molar-refractivity contribution < 1.29 is 114 Å². The number of likely N-dealkylation sites (tertiary alicyclic amines) is 1. The molecule has 0 saturated carbocycles. The van der Waals surface area contributed by atoms with Gasteiger partial charge in [0.1, 0.15) is 48.4 Å². The molecule has 0 bridgehead atoms. The molecular weight excluding hydrogens is 1560 g/mol. The molecule has 12 N–H and O–H groups in total. The van der Waals surface area contributed by atoms with Crippen molar-refractivity contribution in [2.45, 2.75) is 214 Å². The Labute approximate surface area is 695 Å². The molecule has 0 aromatic heterocycles. The fourth-order valence-corrected chi connectivity index (χ4v) is 14.0. The first-order chi connectivity index (χ1) is 55.8. The zero-order chi connectivity index (χ0) is 88.4. The third-order valence-electron chi connectivity index (χ3n) is 20.3. The van der Waals surface area contributed by atoms with Crippen LogP contribution in [0.5, 0.6) is 0 Å². The number of primary amides is 1. The average molecular weight is 1690 g/mol. The van der Waals surface area contributed by atoms with Crippen molar-refractivity contribution in [1.29, 1.82) is 0 Å². The number of carbonyl (C=O) groups excluding carboxylic acids is 12. The molecule has 36 nitrogen and oxygen atoms in total. The van der Waals surface area contributed by atoms with Crippen LogP contribution in [0, 0.1) is 35.5 Å². The van der Waals surface area contributed by atoms with Gasteiger partial charge in [-0.15, -0.1) is 0 Å². The van der Waals surface area contributed by atoms with Gasteiger partial charge in [0.25, 0.3) is 10.1 Å². The average Bonchev–Trinajstić information content (AvgIpc) is 0.983. The highest BCUT2D eigenvalue weighted by Gasteiger charge is 2.44. The second-order valence-electron chi connectivity index (χ2n) is 30.9. The largest absolute Gasteiger partial charge is 0.445 e. The molecule has 1 unspecified atom stereocenters. The normalized spacial score (nSPS) is 16.0. The zero-order valence-electron chi connectivity index (χ0n) is 71.7. The molecular formula is C81H134N12O24S. The van der Waals surface area contributed by atoms with Gasteiger partial charge in [-0.1, -0.05) is 125 Å². The molecule has 0 radical (unpaired) electrons. The third-order valence-corrected chi connectivity index (χ3v) is 21.1. The fourth-order valence-electron chi connectivity index (χ4n) is 13.4. The molecule has 2 aromatic carbocycles. The SMILES string of the molecule is CC[C@@H](C)[C@H]([C@H](CC(=O)N1CCC[C@@H]1[C@@H](OC)[C@H](C)C(=O)N[C@@H](C)[C@H](O)c1ccccc1)OC)N(C)C(=O)C(NC(=O)[C@@H](C(C)C)N(C)C(=O)OCc1ccc(NC(=O)[C@H](CCCNC(N)=O)NC(=O)[C@@H](NC(=O)CCOCCNC(=O)[C@H](CS(=O)(=O)O)NC(=O)CCOCCOCCOCCOCCC(=O)C(C)C)C(C)C)cc1)C(C)C. The molecule has 1 aliphatic heterocycles. The Hall–Kier alpha value is -8.53. The summed E-state index contributed by atoms with van der Waals surface area (Å²) in [6.45, 7) is 22.8. The van der Waals surface area contributed by atoms with E-state index in [1.807, 2.05) is 45.9 Å². The number of nitrogens with one attached hydrogen (secondary N) is 8. The summed E-state index contributed by atoms with van der Waals surface area (Å²) < 4.78 is 77.9. The van der Waals surface area contributed by atoms with Crippen molar-refractivity contribution in [2.24, 2.45) is 41.2 Å². The number of anilines is 1. The summed E-state index contributed by atoms with van der Waals surface area (Å²) in [5.74, 6) is -8.73. The molecule has 0 spiro atoms. The molecule has 12 amide bonds. The quantitative estimate of drug-likeness (QED) is 0.0333. The molecule has 2 aromatic rings. The molecule has 1 heterocycles. The van der Waals surface area contributed by atoms with Gasteiger partial charge in [-0.05, 0) is 79.5 Å². The number of hydrogen-bond acceptors (Lipinski definition) is 23. The van der Waals surface area contributed by atoms with Gasteiger partial charge in [0.2, 0.25) is 53.2 Å². The van der Waals surface area contributed by atoms with Crippen LogP contribution in [-0.2, 0) is 103 Å². The minimum absolute atomic E-state index is 0.00428. The van der Waals surface area contributed by atoms with Crippen molar-refractivity contribution >= 4 is 86.9 Å². The monoisotopic (exact) mass is 1690 g/mol. The Balaban J connectivity index is 1.56. The fraction of sp³-hybridized carbons (Fsp3) is 0.704. The van der Waals surface area contributed by atoms with E-state index in [9.17, 15) is 75.6 Å². The van der Waals surface area contributed by atoms with Crippen molar-refractivity contribution in [3.8, 4) is 0 Å². The number of ketones is 1. The van der Waals surface area contributed by atoms with E-state index in [4.69, 9.17) is 43.6 Å². The van der Waals surface area contributed by atoms with Gasteiger partial charge in [0.05, 0.1) is 115 Å². The van der Waals surface area contributed by atoms with E-state index in [1.54, 1.807) is 91.6 Å². The van der Waals surface area contributed by atoms with Gasteiger partial charge in [0.15, 0.2) is 0 Å². The summed E-state index contributed by atoms with van der Waals surface area (Å²) in [4.78, 5) is 166. The van der Waals surface area contributed by atoms with Gasteiger partial charge in [-0.2, -0.15) is 8.42 Å². The van der Waals surface area contributed by atoms with Crippen LogP contribution in [0.3, 0.4) is 0 Å². The number of aliphatic hydroxyl groups is 1. The number of carbonyl (C=O) groups is 12. The molecule has 37 heteroatoms. The number of rotatable bonds is 58. The number of benzene rings is 2. The maximum atomic E-state index is 14.9. The van der Waals surface area contributed by atoms with Crippen LogP contribution < -0.4 is 48.3 Å². The topological polar surface area (TPSA) is 485 Å². The number of Topliss-reactive ketones (excluding diaryl/α,β-unsaturated/α-hetero) is 1. The summed E-state index contributed by atoms with van der Waals surface area (Å²) in [6.07, 6.45) is -1.57. The lowest BCUT2D eigenvalue weighted by molar-refractivity contribution is -0.148. The molecule has 1 saturated heterocycles. The summed E-state index contributed by atoms with van der Waals surface area (Å²) in [5.41, 5.74) is 6.68. The van der Waals surface area contributed by atoms with Crippen molar-refractivity contribution in [1.82, 2.24) is 51.9 Å². The van der Waals surface area contributed by atoms with Crippen LogP contribution in [0.1, 0.15) is 158 Å². The lowest BCUT2D eigenvalue weighted by Gasteiger charge is -2.41. The lowest BCUT2D eigenvalue weighted by Crippen LogP contribution is -2.60. The number of methoxy groups -OCH3 is 2. The van der Waals surface area contributed by atoms with Gasteiger partial charge in [-0.3, -0.25) is 57.4 Å². The number of hydrogen-bond donors (Lipinski definition) is 11. The smallest absolute Gasteiger partial charge is 0.410 e. The van der Waals surface area contributed by atoms with E-state index < -0.39 is 160 Å². The number of ether oxygens (including phenoxy) is 8. The first-order valence-corrected chi connectivity index (χ1v) is 42.2. The van der Waals surface area contributed by atoms with E-state index in [-0.39, 0.29) is 127 Å². The van der Waals surface area contributed by atoms with Crippen LogP contribution >= 0.6 is 0 Å². The predicted octanol–water partition coefficient (Wildman–Crippen LogP) is 3.56. The Bertz CT molecular complexity index is 3560. The molecule has 0 aliphatic carbocycles. The van der Waals surface area contributed by atoms with Crippen LogP contribution in [0.15, 0.2) is 54.6 Å². The van der Waals surface area contributed by atoms with E-state index in [1.165, 1.54) is 38.3 Å². The molecule has 1 aliphatic rings. The van der Waals surface area contributed by atoms with Gasteiger partial charge >= 0.3 is 12.1 Å². The zero-order valence-corrected chi connectivity index (χ0v) is 72.5. The standard InChI is InChI=1S/C81H134N12O24S/c1-17-54(10)71(64(110-15)47-67(97)93-36-22-26-62(93)73(111-16)55(11)74(99)85-56(12)72(98)58-23-19-18-20-24-58)91(13)79(104)69(52(6)7)90-78(103)70(53(8)9)92(14)81(106)117-48-57-27-29-59(30-28-57)86-76(101)60(25-21-34-84-80(82)105)88-77(102)68(51(4)5)89-66(96)33-38-112-40-35-83-75(100)61(49-118(107,108)109)87-65(95)32-39-114-42-44-116-46-45-115-43-41-113-37-31-63(94)50(2)3/h18-20,23-24,27-30,50-56,60-62,64,68-73,98H,17,21-22,25-26,31-49H2,1-16H3,(H,83,100)(H,85,99)(H,86,101)(H,87,95)(H,88,102)(H,89,96)(H,90,103)(H3,82,84,105)(H,107,108,109)/t54-,55+,56+,60+,61+,62-,64+,68+,69?,70-,71-,72+,73+/m1/s1. The Kier molecular flexibility index (Phi) is 48.0. The first-order valence-electron chi connectivity index (χ1n) is 40.6. The summed E-state index contributed by atoms with van der Waals surface area (Å²) in [7, 11) is 1.28. The van der Waals surface area contributed by atoms with Crippen LogP contribution in [0.2, 0.25) is 0 Å². The summed E-state index contributed by atoms with van der Waals surface area (Å²) in [6, 6.07) is 6.43. The summed E-state index contributed by atoms with van der Waals surface area (Å²) in [5, 5.41) is 32.1. The van der Waals surface area contributed by atoms with Crippen molar-refractivity contribution in [2.75, 3.05) is 125 Å². The Morgan fingerprint density at radius 2 is 1.17 bits per heavy atom. The maximum absolute atomic E-state index is 14.9. The molecule has 1 fully saturated rings. The predicted molar refractivity (Wildman–Crippen MR) is 438 cm³/mol. The molecule has 118 heavy (non-hydrogen) atoms. The van der Waals surface area contributed by atoms with Gasteiger partial charge in [-0.25, -0.2) is 9.59 Å². The molecule has 3 rings (SSSR count). The summed E-state index contributed by atoms with van der Waals surface area (Å²) >= 11 is 0. The maximum Gasteiger partial charge on any atom is 0.410 e. The van der Waals surface area contributed by atoms with Crippen LogP contribution in [-0.4, -0.2) is 284 Å². The Morgan fingerprint density at radius 3 is 1.70 bits per heavy atom. The third kappa shape index (κ3) is 37.4. The Morgan fingerprint density at radius 1 is 0.602 bits per heavy atom. The number of nitrogens with two attached hydrogens (primary N) is 1. The highest BCUT2D eigenvalue weighted by Crippen LogP contribution is 2.31. The van der Waals surface area contributed by atoms with Crippen molar-refractivity contribution in [3.05, 3.63) is 65.7 Å². The van der Waals surface area contributed by atoms with Gasteiger partial charge < -0.3 is 101 Å². The van der Waals surface area contributed by atoms with E-state index in [0.717, 1.165) is 4.90 Å². The molecule has 13 atom stereocenters. The lowest BCUT2D eigenvalue weighted by atomic mass is 9.89. The van der Waals surface area contributed by atoms with Crippen molar-refractivity contribution in [3.63, 3.8) is 0 Å². The van der Waals surface area contributed by atoms with E-state index >= 15 is 0 Å². The van der Waals surface area contributed by atoms with Crippen LogP contribution in [0.4, 0.5) is 15.3 Å². The number of nitrogens with zero attached hydrogens (tertiary/aromatic N) is 3. The highest BCUT2D eigenvalue weighted by atomic mass is 32.2. The van der Waals surface area contributed by atoms with Crippen LogP contribution in [0.25, 0.3) is 0 Å². The second-order valence-corrected chi connectivity index (χ2v) is 32.4. The number of urea groups is 1.